The zero-order valence-electron chi connectivity index (χ0n) is 11.5. The van der Waals surface area contributed by atoms with Crippen molar-refractivity contribution in [3.8, 4) is 5.75 Å². The summed E-state index contributed by atoms with van der Waals surface area (Å²) >= 11 is 0. The highest BCUT2D eigenvalue weighted by molar-refractivity contribution is 5.96. The van der Waals surface area contributed by atoms with Crippen LogP contribution in [0.1, 0.15) is 21.5 Å². The molecule has 1 aliphatic heterocycles. The van der Waals surface area contributed by atoms with Crippen LogP contribution in [0.4, 0.5) is 0 Å². The molecule has 2 aromatic carbocycles. The number of ether oxygens (including phenoxy) is 1. The van der Waals surface area contributed by atoms with E-state index < -0.39 is 0 Å². The number of fused-ring (bicyclic) bond motifs is 1. The molecule has 0 bridgehead atoms. The highest BCUT2D eigenvalue weighted by atomic mass is 16.5. The lowest BCUT2D eigenvalue weighted by Gasteiger charge is -2.26. The van der Waals surface area contributed by atoms with E-state index >= 15 is 0 Å². The third-order valence-electron chi connectivity index (χ3n) is 3.68. The number of carbonyl (C=O) groups excluding carboxylic acids is 1. The Morgan fingerprint density at radius 1 is 1.10 bits per heavy atom. The van der Waals surface area contributed by atoms with Crippen molar-refractivity contribution < 1.29 is 9.53 Å². The number of likely N-dealkylation sites (N-methyl/N-ethyl adjacent to an activating group) is 1. The van der Waals surface area contributed by atoms with Gasteiger partial charge in [-0.2, -0.15) is 0 Å². The molecule has 0 fully saturated rings. The van der Waals surface area contributed by atoms with Gasteiger partial charge in [0.05, 0.1) is 0 Å². The molecule has 1 amide bonds. The van der Waals surface area contributed by atoms with Crippen LogP contribution in [0.2, 0.25) is 0 Å². The first kappa shape index (κ1) is 12.7. The van der Waals surface area contributed by atoms with E-state index in [0.29, 0.717) is 6.61 Å². The molecule has 0 saturated carbocycles. The summed E-state index contributed by atoms with van der Waals surface area (Å²) in [6.45, 7) is 1.28. The van der Waals surface area contributed by atoms with E-state index in [2.05, 4.69) is 0 Å². The molecule has 0 aliphatic carbocycles. The third-order valence-corrected chi connectivity index (χ3v) is 3.68. The number of hydrogen-bond donors (Lipinski definition) is 0. The molecule has 0 aromatic heterocycles. The topological polar surface area (TPSA) is 29.5 Å². The lowest BCUT2D eigenvalue weighted by molar-refractivity contribution is 0.0780. The molecule has 1 heterocycles. The normalized spacial score (nSPS) is 14.1. The fraction of sp³-hybridized carbons (Fsp3) is 0.235. The minimum Gasteiger partial charge on any atom is -0.489 e. The lowest BCUT2D eigenvalue weighted by atomic mass is 9.94. The maximum Gasteiger partial charge on any atom is 0.253 e. The summed E-state index contributed by atoms with van der Waals surface area (Å²) in [4.78, 5) is 13.9. The molecule has 102 valence electrons. The van der Waals surface area contributed by atoms with Crippen LogP contribution in [0, 0.1) is 0 Å². The Bertz CT molecular complexity index is 622. The van der Waals surface area contributed by atoms with Crippen molar-refractivity contribution in [1.29, 1.82) is 0 Å². The van der Waals surface area contributed by atoms with Gasteiger partial charge in [-0.1, -0.05) is 30.3 Å². The van der Waals surface area contributed by atoms with E-state index in [1.165, 1.54) is 0 Å². The molecule has 0 atom stereocenters. The maximum atomic E-state index is 12.1. The van der Waals surface area contributed by atoms with Crippen LogP contribution in [0.3, 0.4) is 0 Å². The van der Waals surface area contributed by atoms with Gasteiger partial charge in [-0.15, -0.1) is 0 Å². The van der Waals surface area contributed by atoms with Crippen LogP contribution in [0.25, 0.3) is 0 Å². The Morgan fingerprint density at radius 2 is 1.90 bits per heavy atom. The van der Waals surface area contributed by atoms with E-state index in [1.807, 2.05) is 55.6 Å². The van der Waals surface area contributed by atoms with Crippen molar-refractivity contribution in [2.24, 2.45) is 0 Å². The van der Waals surface area contributed by atoms with E-state index in [4.69, 9.17) is 4.74 Å². The average Bonchev–Trinajstić information content (AvgIpc) is 2.50. The summed E-state index contributed by atoms with van der Waals surface area (Å²) in [7, 11) is 1.85. The second-order valence-electron chi connectivity index (χ2n) is 5.02. The van der Waals surface area contributed by atoms with Gasteiger partial charge in [-0.25, -0.2) is 0 Å². The first-order valence-electron chi connectivity index (χ1n) is 6.80. The summed E-state index contributed by atoms with van der Waals surface area (Å²) in [5.74, 6) is 0.956. The van der Waals surface area contributed by atoms with E-state index in [-0.39, 0.29) is 5.91 Å². The number of nitrogens with zero attached hydrogens (tertiary/aromatic N) is 1. The van der Waals surface area contributed by atoms with Crippen LogP contribution in [0.15, 0.2) is 48.5 Å². The van der Waals surface area contributed by atoms with Gasteiger partial charge in [0, 0.05) is 19.2 Å². The summed E-state index contributed by atoms with van der Waals surface area (Å²) in [6.07, 6.45) is 0.895. The van der Waals surface area contributed by atoms with Crippen LogP contribution in [0.5, 0.6) is 5.75 Å². The molecule has 20 heavy (non-hydrogen) atoms. The average molecular weight is 267 g/mol. The number of para-hydroxylation sites is 1. The van der Waals surface area contributed by atoms with Gasteiger partial charge in [0.25, 0.3) is 5.91 Å². The van der Waals surface area contributed by atoms with Crippen molar-refractivity contribution >= 4 is 5.91 Å². The largest absolute Gasteiger partial charge is 0.489 e. The predicted molar refractivity (Wildman–Crippen MR) is 77.9 cm³/mol. The molecule has 2 aromatic rings. The van der Waals surface area contributed by atoms with Gasteiger partial charge in [0.15, 0.2) is 0 Å². The Hall–Kier alpha value is -2.29. The van der Waals surface area contributed by atoms with Crippen LogP contribution in [-0.2, 0) is 13.0 Å². The van der Waals surface area contributed by atoms with E-state index in [0.717, 1.165) is 35.4 Å². The fourth-order valence-electron chi connectivity index (χ4n) is 2.53. The molecule has 3 nitrogen and oxygen atoms in total. The molecule has 0 N–H and O–H groups in total. The number of rotatable bonds is 3. The predicted octanol–water partition coefficient (Wildman–Crippen LogP) is 2.89. The minimum absolute atomic E-state index is 0.104. The van der Waals surface area contributed by atoms with Crippen molar-refractivity contribution in [1.82, 2.24) is 4.90 Å². The van der Waals surface area contributed by atoms with Gasteiger partial charge >= 0.3 is 0 Å². The van der Waals surface area contributed by atoms with Gasteiger partial charge in [-0.3, -0.25) is 4.79 Å². The fourth-order valence-corrected chi connectivity index (χ4v) is 2.53. The van der Waals surface area contributed by atoms with Gasteiger partial charge in [-0.05, 0) is 35.7 Å². The number of carbonyl (C=O) groups is 1. The zero-order chi connectivity index (χ0) is 13.9. The van der Waals surface area contributed by atoms with Gasteiger partial charge < -0.3 is 9.64 Å². The summed E-state index contributed by atoms with van der Waals surface area (Å²) in [5, 5.41) is 0. The van der Waals surface area contributed by atoms with Crippen molar-refractivity contribution in [2.45, 2.75) is 13.0 Å². The Balaban J connectivity index is 1.83. The quantitative estimate of drug-likeness (QED) is 0.855. The van der Waals surface area contributed by atoms with Gasteiger partial charge in [0.1, 0.15) is 12.4 Å². The highest BCUT2D eigenvalue weighted by Crippen LogP contribution is 2.23. The van der Waals surface area contributed by atoms with Gasteiger partial charge in [0.2, 0.25) is 0 Å². The van der Waals surface area contributed by atoms with E-state index in [9.17, 15) is 4.79 Å². The highest BCUT2D eigenvalue weighted by Gasteiger charge is 2.23. The van der Waals surface area contributed by atoms with Crippen LogP contribution in [-0.4, -0.2) is 24.4 Å². The zero-order valence-corrected chi connectivity index (χ0v) is 11.5. The summed E-state index contributed by atoms with van der Waals surface area (Å²) < 4.78 is 5.80. The molecular weight excluding hydrogens is 250 g/mol. The minimum atomic E-state index is 0.104. The Morgan fingerprint density at radius 3 is 2.70 bits per heavy atom. The third kappa shape index (κ3) is 2.39. The molecule has 0 spiro atoms. The monoisotopic (exact) mass is 267 g/mol. The molecule has 3 heteroatoms. The maximum absolute atomic E-state index is 12.1. The molecule has 1 aliphatic rings. The van der Waals surface area contributed by atoms with Crippen LogP contribution >= 0.6 is 0 Å². The summed E-state index contributed by atoms with van der Waals surface area (Å²) in [6, 6.07) is 15.6. The molecular formula is C17H17NO2. The number of amides is 1. The lowest BCUT2D eigenvalue weighted by Crippen LogP contribution is -2.34. The van der Waals surface area contributed by atoms with Crippen molar-refractivity contribution in [3.63, 3.8) is 0 Å². The standard InChI is InChI=1S/C17H17NO2/c1-18-11-10-15-13(6-5-9-16(15)17(18)19)12-20-14-7-3-2-4-8-14/h2-9H,10-12H2,1H3. The second-order valence-corrected chi connectivity index (χ2v) is 5.02. The first-order chi connectivity index (χ1) is 9.75. The Kier molecular flexibility index (Phi) is 3.42. The number of hydrogen-bond acceptors (Lipinski definition) is 2. The van der Waals surface area contributed by atoms with Crippen LogP contribution < -0.4 is 4.74 Å². The molecule has 0 radical (unpaired) electrons. The molecule has 0 saturated heterocycles. The molecule has 3 rings (SSSR count). The second kappa shape index (κ2) is 5.37. The smallest absolute Gasteiger partial charge is 0.253 e. The van der Waals surface area contributed by atoms with E-state index in [1.54, 1.807) is 4.90 Å². The number of benzene rings is 2. The SMILES string of the molecule is CN1CCc2c(COc3ccccc3)cccc2C1=O. The summed E-state index contributed by atoms with van der Waals surface area (Å²) in [5.41, 5.74) is 3.05. The first-order valence-corrected chi connectivity index (χ1v) is 6.80. The Labute approximate surface area is 118 Å². The van der Waals surface area contributed by atoms with Crippen molar-refractivity contribution in [3.05, 3.63) is 65.2 Å². The molecule has 0 unspecified atom stereocenters. The van der Waals surface area contributed by atoms with Crippen molar-refractivity contribution in [2.75, 3.05) is 13.6 Å².